The standard InChI is InChI=1S/C15H31N.C2H6/c1-6-13(5)15-10-8-9-14(15)11-16(7-2)12(3)4;1-2/h12-15H,6-11H2,1-5H3;1-2H3/t13?,14-,15?;/m0./s1. The predicted octanol–water partition coefficient (Wildman–Crippen LogP) is 5.21. The van der Waals surface area contributed by atoms with Gasteiger partial charge in [-0.25, -0.2) is 0 Å². The summed E-state index contributed by atoms with van der Waals surface area (Å²) in [4.78, 5) is 2.64. The SMILES string of the molecule is CC.CCC(C)C1CCC[C@H]1CN(CC)C(C)C. The van der Waals surface area contributed by atoms with E-state index in [9.17, 15) is 0 Å². The van der Waals surface area contributed by atoms with E-state index in [0.29, 0.717) is 6.04 Å². The lowest BCUT2D eigenvalue weighted by Crippen LogP contribution is -2.37. The molecule has 2 unspecified atom stereocenters. The third-order valence-corrected chi connectivity index (χ3v) is 4.70. The van der Waals surface area contributed by atoms with Crippen molar-refractivity contribution in [3.05, 3.63) is 0 Å². The molecule has 0 bridgehead atoms. The molecule has 0 aromatic carbocycles. The second kappa shape index (κ2) is 9.83. The Kier molecular flexibility index (Phi) is 9.81. The lowest BCUT2D eigenvalue weighted by atomic mass is 9.83. The highest BCUT2D eigenvalue weighted by Gasteiger charge is 2.31. The van der Waals surface area contributed by atoms with Crippen molar-refractivity contribution >= 4 is 0 Å². The minimum absolute atomic E-state index is 0.711. The second-order valence-electron chi connectivity index (χ2n) is 5.92. The van der Waals surface area contributed by atoms with Gasteiger partial charge in [-0.05, 0) is 51.0 Å². The Hall–Kier alpha value is -0.0400. The lowest BCUT2D eigenvalue weighted by molar-refractivity contribution is 0.154. The summed E-state index contributed by atoms with van der Waals surface area (Å²) in [6, 6.07) is 0.711. The number of hydrogen-bond donors (Lipinski definition) is 0. The number of hydrogen-bond acceptors (Lipinski definition) is 1. The highest BCUT2D eigenvalue weighted by molar-refractivity contribution is 4.83. The second-order valence-corrected chi connectivity index (χ2v) is 5.92. The first kappa shape index (κ1) is 18.0. The van der Waals surface area contributed by atoms with Gasteiger partial charge in [-0.15, -0.1) is 0 Å². The molecule has 0 amide bonds. The van der Waals surface area contributed by atoms with Crippen molar-refractivity contribution in [3.63, 3.8) is 0 Å². The van der Waals surface area contributed by atoms with Gasteiger partial charge >= 0.3 is 0 Å². The Morgan fingerprint density at radius 3 is 2.11 bits per heavy atom. The maximum absolute atomic E-state index is 2.64. The minimum atomic E-state index is 0.711. The largest absolute Gasteiger partial charge is 0.301 e. The van der Waals surface area contributed by atoms with Crippen LogP contribution in [-0.2, 0) is 0 Å². The summed E-state index contributed by atoms with van der Waals surface area (Å²) in [6.07, 6.45) is 5.78. The van der Waals surface area contributed by atoms with E-state index in [4.69, 9.17) is 0 Å². The lowest BCUT2D eigenvalue weighted by Gasteiger charge is -2.32. The molecule has 110 valence electrons. The Labute approximate surface area is 116 Å². The van der Waals surface area contributed by atoms with Crippen LogP contribution in [-0.4, -0.2) is 24.0 Å². The van der Waals surface area contributed by atoms with Crippen LogP contribution in [0.2, 0.25) is 0 Å². The quantitative estimate of drug-likeness (QED) is 0.630. The summed E-state index contributed by atoms with van der Waals surface area (Å²) < 4.78 is 0. The van der Waals surface area contributed by atoms with Crippen LogP contribution in [0.4, 0.5) is 0 Å². The average molecular weight is 255 g/mol. The molecule has 0 spiro atoms. The van der Waals surface area contributed by atoms with Gasteiger partial charge in [0.1, 0.15) is 0 Å². The van der Waals surface area contributed by atoms with E-state index in [-0.39, 0.29) is 0 Å². The van der Waals surface area contributed by atoms with Crippen molar-refractivity contribution in [2.24, 2.45) is 17.8 Å². The van der Waals surface area contributed by atoms with Crippen molar-refractivity contribution < 1.29 is 0 Å². The zero-order valence-corrected chi connectivity index (χ0v) is 14.0. The molecule has 0 saturated heterocycles. The van der Waals surface area contributed by atoms with E-state index in [0.717, 1.165) is 17.8 Å². The summed E-state index contributed by atoms with van der Waals surface area (Å²) in [5.74, 6) is 2.90. The molecule has 1 aliphatic rings. The van der Waals surface area contributed by atoms with Crippen molar-refractivity contribution in [1.29, 1.82) is 0 Å². The summed E-state index contributed by atoms with van der Waals surface area (Å²) in [5.41, 5.74) is 0. The maximum atomic E-state index is 2.64. The minimum Gasteiger partial charge on any atom is -0.301 e. The molecule has 1 fully saturated rings. The molecular formula is C17H37N. The van der Waals surface area contributed by atoms with Gasteiger partial charge in [-0.3, -0.25) is 0 Å². The van der Waals surface area contributed by atoms with E-state index >= 15 is 0 Å². The number of rotatable bonds is 6. The molecule has 0 aliphatic heterocycles. The Balaban J connectivity index is 0.00000137. The molecule has 3 atom stereocenters. The highest BCUT2D eigenvalue weighted by atomic mass is 15.1. The first-order valence-corrected chi connectivity index (χ1v) is 8.34. The first-order valence-electron chi connectivity index (χ1n) is 8.34. The predicted molar refractivity (Wildman–Crippen MR) is 84.0 cm³/mol. The van der Waals surface area contributed by atoms with Gasteiger partial charge in [0.15, 0.2) is 0 Å². The van der Waals surface area contributed by atoms with Crippen molar-refractivity contribution in [2.75, 3.05) is 13.1 Å². The summed E-state index contributed by atoms with van der Waals surface area (Å²) >= 11 is 0. The van der Waals surface area contributed by atoms with Gasteiger partial charge in [-0.2, -0.15) is 0 Å². The van der Waals surface area contributed by atoms with Crippen molar-refractivity contribution in [2.45, 2.75) is 80.2 Å². The fraction of sp³-hybridized carbons (Fsp3) is 1.00. The van der Waals surface area contributed by atoms with E-state index in [1.54, 1.807) is 0 Å². The van der Waals surface area contributed by atoms with Crippen LogP contribution in [0.1, 0.15) is 74.1 Å². The third kappa shape index (κ3) is 5.30. The molecule has 18 heavy (non-hydrogen) atoms. The van der Waals surface area contributed by atoms with Crippen LogP contribution >= 0.6 is 0 Å². The summed E-state index contributed by atoms with van der Waals surface area (Å²) in [6.45, 7) is 18.3. The fourth-order valence-electron chi connectivity index (χ4n) is 3.35. The molecule has 0 aromatic rings. The molecule has 1 rings (SSSR count). The Morgan fingerprint density at radius 2 is 1.67 bits per heavy atom. The zero-order valence-electron chi connectivity index (χ0n) is 14.0. The molecule has 1 nitrogen and oxygen atoms in total. The molecule has 0 radical (unpaired) electrons. The zero-order chi connectivity index (χ0) is 14.1. The molecule has 1 saturated carbocycles. The van der Waals surface area contributed by atoms with Crippen LogP contribution in [0.5, 0.6) is 0 Å². The molecule has 0 aromatic heterocycles. The van der Waals surface area contributed by atoms with Gasteiger partial charge in [-0.1, -0.05) is 47.5 Å². The normalized spacial score (nSPS) is 25.2. The summed E-state index contributed by atoms with van der Waals surface area (Å²) in [7, 11) is 0. The van der Waals surface area contributed by atoms with Crippen LogP contribution in [0.15, 0.2) is 0 Å². The van der Waals surface area contributed by atoms with E-state index in [1.165, 1.54) is 38.8 Å². The molecule has 1 aliphatic carbocycles. The maximum Gasteiger partial charge on any atom is 0.00385 e. The van der Waals surface area contributed by atoms with Crippen LogP contribution in [0.3, 0.4) is 0 Å². The topological polar surface area (TPSA) is 3.24 Å². The van der Waals surface area contributed by atoms with Gasteiger partial charge in [0.25, 0.3) is 0 Å². The molecule has 1 heteroatoms. The van der Waals surface area contributed by atoms with E-state index in [1.807, 2.05) is 13.8 Å². The third-order valence-electron chi connectivity index (χ3n) is 4.70. The van der Waals surface area contributed by atoms with Crippen molar-refractivity contribution in [1.82, 2.24) is 4.90 Å². The van der Waals surface area contributed by atoms with Gasteiger partial charge < -0.3 is 4.90 Å². The Bertz CT molecular complexity index is 188. The highest BCUT2D eigenvalue weighted by Crippen LogP contribution is 2.38. The smallest absolute Gasteiger partial charge is 0.00385 e. The van der Waals surface area contributed by atoms with Gasteiger partial charge in [0.05, 0.1) is 0 Å². The summed E-state index contributed by atoms with van der Waals surface area (Å²) in [5, 5.41) is 0. The van der Waals surface area contributed by atoms with Crippen LogP contribution in [0.25, 0.3) is 0 Å². The fourth-order valence-corrected chi connectivity index (χ4v) is 3.35. The van der Waals surface area contributed by atoms with Crippen molar-refractivity contribution in [3.8, 4) is 0 Å². The molecule has 0 N–H and O–H groups in total. The molecule has 0 heterocycles. The number of nitrogens with zero attached hydrogens (tertiary/aromatic N) is 1. The monoisotopic (exact) mass is 255 g/mol. The van der Waals surface area contributed by atoms with Gasteiger partial charge in [0, 0.05) is 12.6 Å². The Morgan fingerprint density at radius 1 is 1.06 bits per heavy atom. The average Bonchev–Trinajstić information content (AvgIpc) is 2.85. The van der Waals surface area contributed by atoms with Crippen LogP contribution in [0, 0.1) is 17.8 Å². The van der Waals surface area contributed by atoms with Gasteiger partial charge in [0.2, 0.25) is 0 Å². The first-order chi connectivity index (χ1) is 8.60. The van der Waals surface area contributed by atoms with E-state index < -0.39 is 0 Å². The molecular weight excluding hydrogens is 218 g/mol. The van der Waals surface area contributed by atoms with Crippen LogP contribution < -0.4 is 0 Å². The van der Waals surface area contributed by atoms with E-state index in [2.05, 4.69) is 39.5 Å².